The SMILES string of the molecule is O=C1CCC(N2C(=O)c3ccc(N4CCN(CCCOC5CC(Oc6ccc7c(c6)Sc6cc([N+](=O)[O-])ccc6N7)C5)CC4)cc3C2=O)C(=O)N1.O=CO. The molecule has 0 radical (unpaired) electrons. The van der Waals surface area contributed by atoms with Crippen molar-refractivity contribution in [3.05, 3.63) is 75.8 Å². The molecular weight excluding hydrogens is 721 g/mol. The largest absolute Gasteiger partial charge is 0.490 e. The molecular formula is C37H38N6O10S. The molecule has 0 aromatic heterocycles. The summed E-state index contributed by atoms with van der Waals surface area (Å²) in [5.74, 6) is -1.22. The summed E-state index contributed by atoms with van der Waals surface area (Å²) < 4.78 is 12.3. The molecule has 0 bridgehead atoms. The molecule has 282 valence electrons. The van der Waals surface area contributed by atoms with Crippen LogP contribution in [0.4, 0.5) is 22.7 Å². The zero-order valence-corrected chi connectivity index (χ0v) is 29.9. The fourth-order valence-electron chi connectivity index (χ4n) is 7.21. The maximum atomic E-state index is 13.2. The van der Waals surface area contributed by atoms with Crippen molar-refractivity contribution in [2.75, 3.05) is 49.5 Å². The number of fused-ring (bicyclic) bond motifs is 3. The summed E-state index contributed by atoms with van der Waals surface area (Å²) in [7, 11) is 0. The first-order valence-electron chi connectivity index (χ1n) is 17.7. The molecule has 3 aromatic rings. The summed E-state index contributed by atoms with van der Waals surface area (Å²) in [5, 5.41) is 23.7. The lowest BCUT2D eigenvalue weighted by molar-refractivity contribution is -0.385. The minimum atomic E-state index is -0.973. The fraction of sp³-hybridized carbons (Fsp3) is 0.378. The van der Waals surface area contributed by atoms with Gasteiger partial charge in [-0.25, -0.2) is 0 Å². The van der Waals surface area contributed by atoms with E-state index in [1.165, 1.54) is 17.8 Å². The van der Waals surface area contributed by atoms with Gasteiger partial charge in [-0.2, -0.15) is 0 Å². The molecule has 5 aliphatic rings. The van der Waals surface area contributed by atoms with Crippen LogP contribution in [-0.4, -0.2) is 108 Å². The number of ether oxygens (including phenoxy) is 2. The third-order valence-electron chi connectivity index (χ3n) is 10.1. The first-order valence-corrected chi connectivity index (χ1v) is 18.5. The van der Waals surface area contributed by atoms with Gasteiger partial charge in [-0.1, -0.05) is 11.8 Å². The van der Waals surface area contributed by atoms with Crippen LogP contribution in [-0.2, 0) is 19.1 Å². The number of anilines is 3. The number of amides is 4. The van der Waals surface area contributed by atoms with Gasteiger partial charge in [0.2, 0.25) is 11.8 Å². The lowest BCUT2D eigenvalue weighted by Crippen LogP contribution is -2.54. The third kappa shape index (κ3) is 7.74. The van der Waals surface area contributed by atoms with Gasteiger partial charge in [0.25, 0.3) is 24.0 Å². The number of carbonyl (C=O) groups is 5. The number of nitro benzene ring substituents is 1. The Bertz CT molecular complexity index is 2000. The van der Waals surface area contributed by atoms with Gasteiger partial charge < -0.3 is 24.8 Å². The van der Waals surface area contributed by atoms with E-state index in [0.29, 0.717) is 12.2 Å². The molecule has 4 aliphatic heterocycles. The Hall–Kier alpha value is -5.52. The van der Waals surface area contributed by atoms with Crippen molar-refractivity contribution in [1.29, 1.82) is 0 Å². The first kappa shape index (κ1) is 36.8. The van der Waals surface area contributed by atoms with Crippen LogP contribution in [0.3, 0.4) is 0 Å². The molecule has 4 heterocycles. The monoisotopic (exact) mass is 758 g/mol. The lowest BCUT2D eigenvalue weighted by Gasteiger charge is -2.37. The zero-order valence-electron chi connectivity index (χ0n) is 29.1. The Labute approximate surface area is 313 Å². The van der Waals surface area contributed by atoms with Gasteiger partial charge in [0, 0.05) is 86.2 Å². The minimum absolute atomic E-state index is 0.0664. The Morgan fingerprint density at radius 3 is 2.31 bits per heavy atom. The maximum Gasteiger partial charge on any atom is 0.290 e. The molecule has 8 rings (SSSR count). The number of hydrogen-bond acceptors (Lipinski definition) is 13. The van der Waals surface area contributed by atoms with E-state index < -0.39 is 29.7 Å². The molecule has 2 saturated heterocycles. The number of rotatable bonds is 10. The van der Waals surface area contributed by atoms with Crippen molar-refractivity contribution in [1.82, 2.24) is 15.1 Å². The van der Waals surface area contributed by atoms with Crippen LogP contribution in [0.25, 0.3) is 0 Å². The number of carbonyl (C=O) groups excluding carboxylic acids is 4. The van der Waals surface area contributed by atoms with Gasteiger partial charge in [-0.15, -0.1) is 0 Å². The Balaban J connectivity index is 0.00000145. The highest BCUT2D eigenvalue weighted by Gasteiger charge is 2.45. The minimum Gasteiger partial charge on any atom is -0.490 e. The van der Waals surface area contributed by atoms with E-state index in [4.69, 9.17) is 19.4 Å². The second-order valence-corrected chi connectivity index (χ2v) is 14.6. The molecule has 1 saturated carbocycles. The molecule has 0 spiro atoms. The number of nitrogens with one attached hydrogen (secondary N) is 2. The fourth-order valence-corrected chi connectivity index (χ4v) is 8.25. The van der Waals surface area contributed by atoms with Gasteiger partial charge in [0.05, 0.1) is 33.5 Å². The molecule has 16 nitrogen and oxygen atoms in total. The van der Waals surface area contributed by atoms with Gasteiger partial charge in [-0.3, -0.25) is 49.2 Å². The molecule has 3 fully saturated rings. The number of piperidine rings is 1. The summed E-state index contributed by atoms with van der Waals surface area (Å²) in [4.78, 5) is 76.7. The highest BCUT2D eigenvalue weighted by Crippen LogP contribution is 2.47. The van der Waals surface area contributed by atoms with Crippen molar-refractivity contribution in [3.8, 4) is 5.75 Å². The topological polar surface area (TPSA) is 201 Å². The Kier molecular flexibility index (Phi) is 10.8. The molecule has 1 atom stereocenters. The molecule has 4 amide bonds. The molecule has 1 aliphatic carbocycles. The molecule has 17 heteroatoms. The van der Waals surface area contributed by atoms with Crippen molar-refractivity contribution in [3.63, 3.8) is 0 Å². The number of nitrogens with zero attached hydrogens (tertiary/aromatic N) is 4. The van der Waals surface area contributed by atoms with E-state index in [2.05, 4.69) is 20.4 Å². The number of non-ortho nitro benzene ring substituents is 1. The van der Waals surface area contributed by atoms with Crippen molar-refractivity contribution in [2.24, 2.45) is 0 Å². The van der Waals surface area contributed by atoms with Gasteiger partial charge in [0.1, 0.15) is 17.9 Å². The van der Waals surface area contributed by atoms with Crippen molar-refractivity contribution < 1.29 is 43.5 Å². The average Bonchev–Trinajstić information content (AvgIpc) is 3.39. The quantitative estimate of drug-likeness (QED) is 0.0688. The van der Waals surface area contributed by atoms with Gasteiger partial charge in [-0.05, 0) is 55.3 Å². The second kappa shape index (κ2) is 15.8. The highest BCUT2D eigenvalue weighted by atomic mass is 32.2. The first-order chi connectivity index (χ1) is 26.1. The predicted octanol–water partition coefficient (Wildman–Crippen LogP) is 4.04. The summed E-state index contributed by atoms with van der Waals surface area (Å²) in [6.45, 7) is 4.64. The van der Waals surface area contributed by atoms with E-state index in [1.54, 1.807) is 24.3 Å². The molecule has 1 unspecified atom stereocenters. The zero-order chi connectivity index (χ0) is 37.9. The van der Waals surface area contributed by atoms with Crippen molar-refractivity contribution >= 4 is 64.6 Å². The number of nitro groups is 1. The number of carboxylic acid groups (broad SMARTS) is 1. The highest BCUT2D eigenvalue weighted by molar-refractivity contribution is 7.99. The number of benzene rings is 3. The van der Waals surface area contributed by atoms with Crippen molar-refractivity contribution in [2.45, 2.75) is 60.1 Å². The van der Waals surface area contributed by atoms with E-state index in [0.717, 1.165) is 89.5 Å². The van der Waals surface area contributed by atoms with Crippen LogP contribution in [0.2, 0.25) is 0 Å². The summed E-state index contributed by atoms with van der Waals surface area (Å²) >= 11 is 1.49. The van der Waals surface area contributed by atoms with E-state index >= 15 is 0 Å². The average molecular weight is 759 g/mol. The molecule has 54 heavy (non-hydrogen) atoms. The Morgan fingerprint density at radius 1 is 0.889 bits per heavy atom. The normalized spacial score (nSPS) is 21.7. The Morgan fingerprint density at radius 2 is 1.59 bits per heavy atom. The summed E-state index contributed by atoms with van der Waals surface area (Å²) in [6, 6.07) is 15.0. The maximum absolute atomic E-state index is 13.2. The summed E-state index contributed by atoms with van der Waals surface area (Å²) in [6.07, 6.45) is 3.06. The van der Waals surface area contributed by atoms with E-state index in [1.807, 2.05) is 24.3 Å². The number of piperazine rings is 1. The standard InChI is InChI=1S/C36H36N6O8S.CH2O2/c43-33-9-8-30(34(44)38-33)41-35(45)26-5-2-21(16-27(26)36(41)46)40-13-11-39(12-14-40)10-1-15-49-24-18-25(19-24)50-23-4-7-29-32(20-23)51-31-17-22(42(47)48)3-6-28(31)37-29;2-1-3/h2-7,16-17,20,24-25,30,37H,1,8-15,18-19H2,(H,38,43,44);1H,(H,2,3). The number of imide groups is 2. The lowest BCUT2D eigenvalue weighted by atomic mass is 9.92. The molecule has 3 N–H and O–H groups in total. The molecule has 3 aromatic carbocycles. The predicted molar refractivity (Wildman–Crippen MR) is 195 cm³/mol. The smallest absolute Gasteiger partial charge is 0.290 e. The van der Waals surface area contributed by atoms with Gasteiger partial charge >= 0.3 is 0 Å². The summed E-state index contributed by atoms with van der Waals surface area (Å²) in [5.41, 5.74) is 3.32. The van der Waals surface area contributed by atoms with Gasteiger partial charge in [0.15, 0.2) is 0 Å². The second-order valence-electron chi connectivity index (χ2n) is 13.5. The van der Waals surface area contributed by atoms with Crippen LogP contribution in [0.5, 0.6) is 5.75 Å². The van der Waals surface area contributed by atoms with Crippen LogP contribution >= 0.6 is 11.8 Å². The van der Waals surface area contributed by atoms with Crippen LogP contribution in [0, 0.1) is 10.1 Å². The van der Waals surface area contributed by atoms with Crippen LogP contribution in [0.1, 0.15) is 52.8 Å². The van der Waals surface area contributed by atoms with Crippen LogP contribution < -0.4 is 20.3 Å². The number of hydrogen-bond donors (Lipinski definition) is 3. The van der Waals surface area contributed by atoms with Crippen LogP contribution in [0.15, 0.2) is 64.4 Å². The van der Waals surface area contributed by atoms with E-state index in [9.17, 15) is 29.3 Å². The third-order valence-corrected chi connectivity index (χ3v) is 11.2. The van der Waals surface area contributed by atoms with E-state index in [-0.39, 0.29) is 47.7 Å².